The van der Waals surface area contributed by atoms with Crippen molar-refractivity contribution in [3.05, 3.63) is 0 Å². The summed E-state index contributed by atoms with van der Waals surface area (Å²) < 4.78 is 5.26. The van der Waals surface area contributed by atoms with E-state index in [-0.39, 0.29) is 18.4 Å². The van der Waals surface area contributed by atoms with Gasteiger partial charge in [0.2, 0.25) is 0 Å². The normalized spacial score (nSPS) is 34.0. The molecule has 0 aliphatic carbocycles. The van der Waals surface area contributed by atoms with E-state index in [0.717, 1.165) is 32.3 Å². The molecule has 3 rings (SSSR count). The van der Waals surface area contributed by atoms with Crippen LogP contribution in [0.4, 0.5) is 4.79 Å². The number of hydrogen-bond acceptors (Lipinski definition) is 5. The molecule has 82 valence electrons. The maximum atomic E-state index is 11.0. The Balaban J connectivity index is 1.69. The van der Waals surface area contributed by atoms with Gasteiger partial charge in [0.05, 0.1) is 13.2 Å². The second-order valence-corrected chi connectivity index (χ2v) is 3.74. The number of hydrogen-bond donors (Lipinski definition) is 3. The Morgan fingerprint density at radius 1 is 1.27 bits per heavy atom. The molecule has 0 saturated carbocycles. The SMILES string of the molecule is O=C1NC2N=C(N3CCOCC3)NC2N1. The van der Waals surface area contributed by atoms with Gasteiger partial charge in [-0.1, -0.05) is 0 Å². The van der Waals surface area contributed by atoms with Crippen LogP contribution in [0.5, 0.6) is 0 Å². The Labute approximate surface area is 86.9 Å². The topological polar surface area (TPSA) is 78.0 Å². The number of nitrogens with zero attached hydrogens (tertiary/aromatic N) is 2. The van der Waals surface area contributed by atoms with Crippen molar-refractivity contribution in [3.8, 4) is 0 Å². The maximum absolute atomic E-state index is 11.0. The minimum atomic E-state index is -0.171. The van der Waals surface area contributed by atoms with Crippen LogP contribution in [0, 0.1) is 0 Å². The fourth-order valence-corrected chi connectivity index (χ4v) is 1.96. The van der Waals surface area contributed by atoms with Crippen LogP contribution < -0.4 is 16.0 Å². The Morgan fingerprint density at radius 3 is 2.80 bits per heavy atom. The molecule has 2 amide bonds. The van der Waals surface area contributed by atoms with Crippen molar-refractivity contribution in [1.82, 2.24) is 20.9 Å². The Bertz CT molecular complexity index is 312. The van der Waals surface area contributed by atoms with E-state index in [1.807, 2.05) is 0 Å². The van der Waals surface area contributed by atoms with Gasteiger partial charge < -0.3 is 25.6 Å². The number of aliphatic imine (C=N–C) groups is 1. The van der Waals surface area contributed by atoms with Crippen molar-refractivity contribution < 1.29 is 9.53 Å². The zero-order valence-electron chi connectivity index (χ0n) is 8.19. The van der Waals surface area contributed by atoms with Gasteiger partial charge in [0.15, 0.2) is 12.1 Å². The van der Waals surface area contributed by atoms with E-state index in [4.69, 9.17) is 4.74 Å². The zero-order chi connectivity index (χ0) is 10.3. The van der Waals surface area contributed by atoms with Crippen molar-refractivity contribution in [3.63, 3.8) is 0 Å². The first-order valence-corrected chi connectivity index (χ1v) is 5.07. The summed E-state index contributed by atoms with van der Waals surface area (Å²) in [5.74, 6) is 0.848. The van der Waals surface area contributed by atoms with E-state index in [1.54, 1.807) is 0 Å². The number of nitrogens with one attached hydrogen (secondary N) is 3. The van der Waals surface area contributed by atoms with E-state index in [0.29, 0.717) is 0 Å². The first kappa shape index (κ1) is 8.78. The van der Waals surface area contributed by atoms with E-state index in [1.165, 1.54) is 0 Å². The molecule has 3 aliphatic rings. The average Bonchev–Trinajstić information content (AvgIpc) is 2.76. The van der Waals surface area contributed by atoms with Crippen LogP contribution in [-0.2, 0) is 4.74 Å². The number of amides is 2. The summed E-state index contributed by atoms with van der Waals surface area (Å²) in [6.45, 7) is 3.16. The number of ether oxygens (including phenoxy) is 1. The minimum absolute atomic E-state index is 0.102. The molecule has 0 aromatic rings. The predicted octanol–water partition coefficient (Wildman–Crippen LogP) is -1.76. The van der Waals surface area contributed by atoms with Gasteiger partial charge in [-0.2, -0.15) is 0 Å². The highest BCUT2D eigenvalue weighted by atomic mass is 16.5. The fourth-order valence-electron chi connectivity index (χ4n) is 1.96. The van der Waals surface area contributed by atoms with Gasteiger partial charge in [-0.05, 0) is 0 Å². The van der Waals surface area contributed by atoms with Gasteiger partial charge in [0.1, 0.15) is 6.17 Å². The van der Waals surface area contributed by atoms with Crippen molar-refractivity contribution in [2.24, 2.45) is 4.99 Å². The molecule has 0 aromatic carbocycles. The molecule has 3 heterocycles. The number of fused-ring (bicyclic) bond motifs is 1. The number of carbonyl (C=O) groups excluding carboxylic acids is 1. The lowest BCUT2D eigenvalue weighted by Gasteiger charge is -2.28. The highest BCUT2D eigenvalue weighted by Gasteiger charge is 2.38. The first-order chi connectivity index (χ1) is 7.33. The lowest BCUT2D eigenvalue weighted by atomic mass is 10.4. The third-order valence-electron chi connectivity index (χ3n) is 2.74. The number of guanidine groups is 1. The number of morpholine rings is 1. The molecule has 0 radical (unpaired) electrons. The summed E-state index contributed by atoms with van der Waals surface area (Å²) in [4.78, 5) is 17.5. The molecule has 7 nitrogen and oxygen atoms in total. The van der Waals surface area contributed by atoms with Gasteiger partial charge in [-0.3, -0.25) is 0 Å². The molecule has 0 aromatic heterocycles. The van der Waals surface area contributed by atoms with E-state index in [9.17, 15) is 4.79 Å². The predicted molar refractivity (Wildman–Crippen MR) is 52.2 cm³/mol. The van der Waals surface area contributed by atoms with Crippen molar-refractivity contribution in [2.45, 2.75) is 12.3 Å². The summed E-state index contributed by atoms with van der Waals surface area (Å²) in [6, 6.07) is -0.165. The second-order valence-electron chi connectivity index (χ2n) is 3.74. The van der Waals surface area contributed by atoms with Crippen LogP contribution in [-0.4, -0.2) is 55.5 Å². The fraction of sp³-hybridized carbons (Fsp3) is 0.750. The van der Waals surface area contributed by atoms with Crippen molar-refractivity contribution >= 4 is 12.0 Å². The van der Waals surface area contributed by atoms with Crippen LogP contribution in [0.3, 0.4) is 0 Å². The molecule has 15 heavy (non-hydrogen) atoms. The number of rotatable bonds is 0. The Hall–Kier alpha value is -1.50. The molecule has 7 heteroatoms. The van der Waals surface area contributed by atoms with E-state index in [2.05, 4.69) is 25.8 Å². The second kappa shape index (κ2) is 3.27. The van der Waals surface area contributed by atoms with Gasteiger partial charge in [0, 0.05) is 13.1 Å². The number of carbonyl (C=O) groups is 1. The van der Waals surface area contributed by atoms with E-state index >= 15 is 0 Å². The summed E-state index contributed by atoms with van der Waals surface area (Å²) in [5, 5.41) is 8.66. The standard InChI is InChI=1S/C8H13N5O2/c14-8-11-5-6(12-8)10-7(9-5)13-1-3-15-4-2-13/h5-6H,1-4H2,(H,9,10)(H2,11,12,14). The van der Waals surface area contributed by atoms with Crippen LogP contribution in [0.15, 0.2) is 4.99 Å². The largest absolute Gasteiger partial charge is 0.378 e. The van der Waals surface area contributed by atoms with Gasteiger partial charge in [-0.15, -0.1) is 0 Å². The quantitative estimate of drug-likeness (QED) is 0.444. The summed E-state index contributed by atoms with van der Waals surface area (Å²) in [6.07, 6.45) is -0.273. The zero-order valence-corrected chi connectivity index (χ0v) is 8.19. The summed E-state index contributed by atoms with van der Waals surface area (Å²) in [5.41, 5.74) is 0. The molecular weight excluding hydrogens is 198 g/mol. The smallest absolute Gasteiger partial charge is 0.318 e. The molecule has 3 N–H and O–H groups in total. The molecule has 2 saturated heterocycles. The molecule has 0 bridgehead atoms. The van der Waals surface area contributed by atoms with Gasteiger partial charge >= 0.3 is 6.03 Å². The molecule has 3 aliphatic heterocycles. The summed E-state index contributed by atoms with van der Waals surface area (Å²) >= 11 is 0. The summed E-state index contributed by atoms with van der Waals surface area (Å²) in [7, 11) is 0. The van der Waals surface area contributed by atoms with Crippen molar-refractivity contribution in [2.75, 3.05) is 26.3 Å². The molecular formula is C8H13N5O2. The Kier molecular flexibility index (Phi) is 1.91. The van der Waals surface area contributed by atoms with Crippen molar-refractivity contribution in [1.29, 1.82) is 0 Å². The van der Waals surface area contributed by atoms with Gasteiger partial charge in [-0.25, -0.2) is 9.79 Å². The third-order valence-corrected chi connectivity index (χ3v) is 2.74. The van der Waals surface area contributed by atoms with Crippen LogP contribution in [0.25, 0.3) is 0 Å². The van der Waals surface area contributed by atoms with Crippen LogP contribution in [0.2, 0.25) is 0 Å². The Morgan fingerprint density at radius 2 is 2.07 bits per heavy atom. The minimum Gasteiger partial charge on any atom is -0.378 e. The number of urea groups is 1. The highest BCUT2D eigenvalue weighted by molar-refractivity contribution is 5.86. The highest BCUT2D eigenvalue weighted by Crippen LogP contribution is 2.10. The first-order valence-electron chi connectivity index (χ1n) is 5.07. The van der Waals surface area contributed by atoms with Crippen LogP contribution in [0.1, 0.15) is 0 Å². The van der Waals surface area contributed by atoms with E-state index < -0.39 is 0 Å². The molecule has 0 spiro atoms. The lowest BCUT2D eigenvalue weighted by molar-refractivity contribution is 0.0667. The molecule has 2 atom stereocenters. The van der Waals surface area contributed by atoms with Gasteiger partial charge in [0.25, 0.3) is 0 Å². The third kappa shape index (κ3) is 1.48. The van der Waals surface area contributed by atoms with Crippen LogP contribution >= 0.6 is 0 Å². The maximum Gasteiger partial charge on any atom is 0.318 e. The molecule has 2 fully saturated rings. The molecule has 2 unspecified atom stereocenters. The average molecular weight is 211 g/mol. The monoisotopic (exact) mass is 211 g/mol. The lowest BCUT2D eigenvalue weighted by Crippen LogP contribution is -2.50.